The molecule has 0 amide bonds. The fraction of sp³-hybridized carbons (Fsp3) is 0.125. The number of nitrogens with two attached hydrogens (primary N) is 2. The van der Waals surface area contributed by atoms with Crippen molar-refractivity contribution in [3.05, 3.63) is 24.3 Å². The second kappa shape index (κ2) is 4.71. The van der Waals surface area contributed by atoms with Gasteiger partial charge in [-0.15, -0.1) is 13.2 Å². The summed E-state index contributed by atoms with van der Waals surface area (Å²) in [5.74, 6) is 4.57. The first-order valence-electron chi connectivity index (χ1n) is 4.07. The standard InChI is InChI=1S/C8H9F3N4O/c9-8(10,11)16-6-3-1-5(2-4-6)14-7(12)15-13/h1-4H,13H2,(H3,12,14,15). The van der Waals surface area contributed by atoms with Crippen LogP contribution in [0.4, 0.5) is 18.9 Å². The van der Waals surface area contributed by atoms with Crippen molar-refractivity contribution in [1.29, 1.82) is 0 Å². The molecule has 0 aliphatic heterocycles. The number of hydrogen-bond acceptors (Lipinski definition) is 3. The molecule has 5 nitrogen and oxygen atoms in total. The molecule has 1 aromatic rings. The van der Waals surface area contributed by atoms with E-state index in [0.717, 1.165) is 12.1 Å². The Balaban J connectivity index is 2.76. The number of guanidine groups is 1. The number of ether oxygens (including phenoxy) is 1. The first-order valence-corrected chi connectivity index (χ1v) is 4.07. The lowest BCUT2D eigenvalue weighted by molar-refractivity contribution is -0.274. The van der Waals surface area contributed by atoms with E-state index in [1.165, 1.54) is 12.1 Å². The van der Waals surface area contributed by atoms with Crippen LogP contribution >= 0.6 is 0 Å². The molecule has 0 spiro atoms. The van der Waals surface area contributed by atoms with Crippen LogP contribution in [0.5, 0.6) is 5.75 Å². The zero-order valence-electron chi connectivity index (χ0n) is 7.95. The lowest BCUT2D eigenvalue weighted by Gasteiger charge is -2.08. The summed E-state index contributed by atoms with van der Waals surface area (Å²) < 4.78 is 39.1. The minimum absolute atomic E-state index is 0.0514. The maximum absolute atomic E-state index is 11.8. The van der Waals surface area contributed by atoms with Crippen LogP contribution in [-0.4, -0.2) is 12.3 Å². The number of alkyl halides is 3. The number of hydrazine groups is 1. The summed E-state index contributed by atoms with van der Waals surface area (Å²) in [5.41, 5.74) is 7.68. The average Bonchev–Trinajstić information content (AvgIpc) is 2.18. The molecule has 5 N–H and O–H groups in total. The largest absolute Gasteiger partial charge is 0.573 e. The Kier molecular flexibility index (Phi) is 3.56. The molecule has 0 saturated carbocycles. The summed E-state index contributed by atoms with van der Waals surface area (Å²) in [6, 6.07) is 4.86. The third-order valence-electron chi connectivity index (χ3n) is 1.47. The molecule has 0 fully saturated rings. The number of hydrogen-bond donors (Lipinski definition) is 3. The minimum atomic E-state index is -4.71. The molecule has 1 aromatic carbocycles. The van der Waals surface area contributed by atoms with E-state index in [-0.39, 0.29) is 11.7 Å². The number of rotatable bonds is 2. The van der Waals surface area contributed by atoms with Gasteiger partial charge in [-0.3, -0.25) is 5.43 Å². The van der Waals surface area contributed by atoms with Gasteiger partial charge in [0, 0.05) is 0 Å². The van der Waals surface area contributed by atoms with Crippen molar-refractivity contribution >= 4 is 11.6 Å². The molecule has 0 aromatic heterocycles. The molecule has 0 aliphatic rings. The fourth-order valence-corrected chi connectivity index (χ4v) is 0.894. The quantitative estimate of drug-likeness (QED) is 0.308. The van der Waals surface area contributed by atoms with Gasteiger partial charge in [0.1, 0.15) is 5.75 Å². The van der Waals surface area contributed by atoms with Gasteiger partial charge < -0.3 is 10.5 Å². The van der Waals surface area contributed by atoms with Crippen molar-refractivity contribution in [1.82, 2.24) is 5.43 Å². The Labute approximate surface area is 88.9 Å². The van der Waals surface area contributed by atoms with Gasteiger partial charge in [-0.1, -0.05) is 0 Å². The molecule has 0 saturated heterocycles. The van der Waals surface area contributed by atoms with E-state index in [0.29, 0.717) is 5.69 Å². The van der Waals surface area contributed by atoms with Crippen LogP contribution in [0.15, 0.2) is 29.3 Å². The van der Waals surface area contributed by atoms with E-state index in [1.54, 1.807) is 0 Å². The van der Waals surface area contributed by atoms with Crippen molar-refractivity contribution in [2.45, 2.75) is 6.36 Å². The fourth-order valence-electron chi connectivity index (χ4n) is 0.894. The first-order chi connectivity index (χ1) is 7.40. The Bertz CT molecular complexity index is 374. The van der Waals surface area contributed by atoms with Gasteiger partial charge in [-0.2, -0.15) is 0 Å². The normalized spacial score (nSPS) is 12.4. The molecular weight excluding hydrogens is 225 g/mol. The number of aliphatic imine (C=N–C) groups is 1. The second-order valence-electron chi connectivity index (χ2n) is 2.68. The summed E-state index contributed by atoms with van der Waals surface area (Å²) in [6.07, 6.45) is -4.71. The molecule has 0 atom stereocenters. The zero-order valence-corrected chi connectivity index (χ0v) is 7.95. The predicted molar refractivity (Wildman–Crippen MR) is 51.7 cm³/mol. The Morgan fingerprint density at radius 3 is 2.25 bits per heavy atom. The van der Waals surface area contributed by atoms with Crippen molar-refractivity contribution in [2.24, 2.45) is 16.6 Å². The van der Waals surface area contributed by atoms with Gasteiger partial charge >= 0.3 is 6.36 Å². The average molecular weight is 234 g/mol. The van der Waals surface area contributed by atoms with Crippen LogP contribution in [0.3, 0.4) is 0 Å². The van der Waals surface area contributed by atoms with Crippen LogP contribution in [0.2, 0.25) is 0 Å². The van der Waals surface area contributed by atoms with E-state index in [9.17, 15) is 13.2 Å². The van der Waals surface area contributed by atoms with E-state index < -0.39 is 6.36 Å². The minimum Gasteiger partial charge on any atom is -0.406 e. The predicted octanol–water partition coefficient (Wildman–Crippen LogP) is 0.995. The topological polar surface area (TPSA) is 85.7 Å². The molecule has 0 bridgehead atoms. The number of benzene rings is 1. The van der Waals surface area contributed by atoms with Crippen LogP contribution in [0.25, 0.3) is 0 Å². The van der Waals surface area contributed by atoms with E-state index in [1.807, 2.05) is 0 Å². The monoisotopic (exact) mass is 234 g/mol. The van der Waals surface area contributed by atoms with Crippen LogP contribution in [0.1, 0.15) is 0 Å². The highest BCUT2D eigenvalue weighted by atomic mass is 19.4. The molecule has 1 rings (SSSR count). The molecule has 0 radical (unpaired) electrons. The number of nitrogens with zero attached hydrogens (tertiary/aromatic N) is 1. The SMILES string of the molecule is NNC(N)=Nc1ccc(OC(F)(F)F)cc1. The lowest BCUT2D eigenvalue weighted by atomic mass is 10.3. The molecular formula is C8H9F3N4O. The third-order valence-corrected chi connectivity index (χ3v) is 1.47. The zero-order chi connectivity index (χ0) is 12.2. The molecule has 0 unspecified atom stereocenters. The van der Waals surface area contributed by atoms with Crippen LogP contribution in [0, 0.1) is 0 Å². The first kappa shape index (κ1) is 12.1. The van der Waals surface area contributed by atoms with Crippen LogP contribution < -0.4 is 21.7 Å². The van der Waals surface area contributed by atoms with Crippen LogP contribution in [-0.2, 0) is 0 Å². The Morgan fingerprint density at radius 1 is 1.25 bits per heavy atom. The summed E-state index contributed by atoms with van der Waals surface area (Å²) in [4.78, 5) is 3.74. The highest BCUT2D eigenvalue weighted by Crippen LogP contribution is 2.24. The van der Waals surface area contributed by atoms with Gasteiger partial charge in [0.15, 0.2) is 0 Å². The smallest absolute Gasteiger partial charge is 0.406 e. The lowest BCUT2D eigenvalue weighted by Crippen LogP contribution is -2.36. The summed E-state index contributed by atoms with van der Waals surface area (Å²) in [7, 11) is 0. The van der Waals surface area contributed by atoms with E-state index in [2.05, 4.69) is 15.2 Å². The van der Waals surface area contributed by atoms with Crippen molar-refractivity contribution in [3.8, 4) is 5.75 Å². The van der Waals surface area contributed by atoms with Crippen molar-refractivity contribution in [2.75, 3.05) is 0 Å². The van der Waals surface area contributed by atoms with Crippen molar-refractivity contribution in [3.63, 3.8) is 0 Å². The molecule has 8 heteroatoms. The molecule has 16 heavy (non-hydrogen) atoms. The highest BCUT2D eigenvalue weighted by molar-refractivity contribution is 5.80. The second-order valence-corrected chi connectivity index (χ2v) is 2.68. The number of nitrogens with one attached hydrogen (secondary N) is 1. The van der Waals surface area contributed by atoms with Gasteiger partial charge in [0.2, 0.25) is 5.96 Å². The molecule has 0 heterocycles. The van der Waals surface area contributed by atoms with E-state index in [4.69, 9.17) is 11.6 Å². The van der Waals surface area contributed by atoms with E-state index >= 15 is 0 Å². The summed E-state index contributed by atoms with van der Waals surface area (Å²) >= 11 is 0. The van der Waals surface area contributed by atoms with Gasteiger partial charge in [-0.05, 0) is 24.3 Å². The summed E-state index contributed by atoms with van der Waals surface area (Å²) in [6.45, 7) is 0. The third kappa shape index (κ3) is 4.05. The Morgan fingerprint density at radius 2 is 1.81 bits per heavy atom. The Hall–Kier alpha value is -1.96. The number of halogens is 3. The maximum Gasteiger partial charge on any atom is 0.573 e. The molecule has 0 aliphatic carbocycles. The highest BCUT2D eigenvalue weighted by Gasteiger charge is 2.30. The molecule has 88 valence electrons. The maximum atomic E-state index is 11.8. The van der Waals surface area contributed by atoms with Gasteiger partial charge in [-0.25, -0.2) is 10.8 Å². The van der Waals surface area contributed by atoms with Gasteiger partial charge in [0.05, 0.1) is 5.69 Å². The van der Waals surface area contributed by atoms with Crippen molar-refractivity contribution < 1.29 is 17.9 Å². The van der Waals surface area contributed by atoms with Gasteiger partial charge in [0.25, 0.3) is 0 Å². The summed E-state index contributed by atoms with van der Waals surface area (Å²) in [5, 5.41) is 0.